The van der Waals surface area contributed by atoms with Crippen LogP contribution in [0.5, 0.6) is 0 Å². The molecule has 2 aromatic rings. The highest BCUT2D eigenvalue weighted by Crippen LogP contribution is 2.56. The molecule has 3 heterocycles. The molecular weight excluding hydrogens is 963 g/mol. The smallest absolute Gasteiger partial charge is 0.274 e. The van der Waals surface area contributed by atoms with Gasteiger partial charge in [0.05, 0.1) is 27.4 Å². The fourth-order valence-corrected chi connectivity index (χ4v) is 9.82. The summed E-state index contributed by atoms with van der Waals surface area (Å²) in [5.41, 5.74) is 4.08. The van der Waals surface area contributed by atoms with E-state index in [-0.39, 0.29) is 41.6 Å². The molecule has 0 aliphatic carbocycles. The van der Waals surface area contributed by atoms with Gasteiger partial charge in [0.25, 0.3) is 15.6 Å². The average molecular weight is 1030 g/mol. The van der Waals surface area contributed by atoms with Gasteiger partial charge in [0.1, 0.15) is 36.3 Å². The average Bonchev–Trinajstić information content (AvgIpc) is 3.81. The number of rotatable bonds is 33. The Labute approximate surface area is 393 Å². The zero-order valence-corrected chi connectivity index (χ0v) is 41.2. The van der Waals surface area contributed by atoms with Gasteiger partial charge in [0, 0.05) is 30.7 Å². The molecule has 7 atom stereocenters. The van der Waals surface area contributed by atoms with E-state index in [2.05, 4.69) is 62.5 Å². The van der Waals surface area contributed by atoms with E-state index < -0.39 is 84.6 Å². The van der Waals surface area contributed by atoms with Gasteiger partial charge in [-0.25, -0.2) is 19.3 Å². The fourth-order valence-electron chi connectivity index (χ4n) is 6.49. The summed E-state index contributed by atoms with van der Waals surface area (Å²) in [4.78, 5) is 96.7. The molecule has 0 spiro atoms. The molecule has 0 saturated carbocycles. The minimum absolute atomic E-state index is 0.0205. The number of anilines is 1. The van der Waals surface area contributed by atoms with Gasteiger partial charge in [-0.1, -0.05) is 102 Å². The van der Waals surface area contributed by atoms with Gasteiger partial charge < -0.3 is 69.0 Å². The number of fused-ring (bicyclic) bond motifs is 1. The number of nitrogens with zero attached hydrogens (tertiary/aromatic N) is 4. The molecule has 2 unspecified atom stereocenters. The van der Waals surface area contributed by atoms with Crippen LogP contribution in [0, 0.1) is 5.41 Å². The number of imidazole rings is 1. The summed E-state index contributed by atoms with van der Waals surface area (Å²) in [7, 11) is -17.6. The standard InChI is InChI=1S/C39H66N7O17P3S/c1-4-5-6-7-8-9-10-11-12-13-14-15-16-17-18-19-30(48)67-23-22-41-29(47)20-21-42-37(51)34(50)39(2,3)25-60-66(57,58)63-65(55,56)59-24-28-33(62-64(52,53)54)32(49)38(61-28)46-27-45-31-35(40)43-26-44-36(31)46/h14-15,18-19,26-28,32-34,38,49-50H,4-13,16-17,20-25H2,1-3H3,(H,41,47)(H,42,51)(H,55,56)(H,57,58)(H2,40,43,44)(H2,52,53,54)/p-4/b15-14-,19-18+/t28-,32-,33-,34+,38-/m1/s1. The number of nitrogens with two attached hydrogens (primary N) is 1. The highest BCUT2D eigenvalue weighted by Gasteiger charge is 2.47. The summed E-state index contributed by atoms with van der Waals surface area (Å²) < 4.78 is 60.8. The number of hydrogen-bond donors (Lipinski definition) is 5. The monoisotopic (exact) mass is 1030 g/mol. The van der Waals surface area contributed by atoms with Gasteiger partial charge >= 0.3 is 0 Å². The SMILES string of the molecule is CCCCCCCCCCC/C=C\CC/C=C/C(=O)SCCNC(=O)CCNC(=O)[C@H](O)C(C)(C)COP(=O)([O-])OP(=O)([O-])OC[C@H]1O[C@@H](n2cnc3c(N)ncnc32)[C@H](O)[C@@H]1OP(=O)([O-])[O-]. The molecule has 1 aliphatic heterocycles. The van der Waals surface area contributed by atoms with E-state index in [1.165, 1.54) is 77.7 Å². The van der Waals surface area contributed by atoms with Crippen LogP contribution in [0.3, 0.4) is 0 Å². The molecule has 6 N–H and O–H groups in total. The number of amides is 2. The van der Waals surface area contributed by atoms with Crippen LogP contribution >= 0.6 is 35.2 Å². The van der Waals surface area contributed by atoms with Crippen molar-refractivity contribution in [1.29, 1.82) is 0 Å². The molecule has 380 valence electrons. The number of nitrogen functional groups attached to an aromatic ring is 1. The van der Waals surface area contributed by atoms with Crippen molar-refractivity contribution in [3.8, 4) is 0 Å². The molecule has 0 aromatic carbocycles. The second-order valence-electron chi connectivity index (χ2n) is 16.2. The zero-order chi connectivity index (χ0) is 49.7. The van der Waals surface area contributed by atoms with Crippen LogP contribution in [0.1, 0.15) is 110 Å². The molecular formula is C39H62N7O17P3S-4. The molecule has 28 heteroatoms. The largest absolute Gasteiger partial charge is 0.790 e. The number of unbranched alkanes of at least 4 members (excludes halogenated alkanes) is 10. The molecule has 67 heavy (non-hydrogen) atoms. The third-order valence-corrected chi connectivity index (χ3v) is 14.0. The fraction of sp³-hybridized carbons (Fsp3) is 0.692. The van der Waals surface area contributed by atoms with Crippen molar-refractivity contribution >= 4 is 69.1 Å². The Morgan fingerprint density at radius 3 is 2.25 bits per heavy atom. The first-order chi connectivity index (χ1) is 31.6. The van der Waals surface area contributed by atoms with Crippen molar-refractivity contribution in [3.63, 3.8) is 0 Å². The topological polar surface area (TPSA) is 375 Å². The van der Waals surface area contributed by atoms with E-state index in [9.17, 15) is 57.9 Å². The molecule has 0 radical (unpaired) electrons. The van der Waals surface area contributed by atoms with Crippen LogP contribution in [0.25, 0.3) is 11.2 Å². The summed E-state index contributed by atoms with van der Waals surface area (Å²) >= 11 is 1.04. The van der Waals surface area contributed by atoms with Crippen LogP contribution in [-0.2, 0) is 50.7 Å². The molecule has 1 fully saturated rings. The van der Waals surface area contributed by atoms with Gasteiger partial charge in [-0.2, -0.15) is 0 Å². The summed E-state index contributed by atoms with van der Waals surface area (Å²) in [5, 5.41) is 26.2. The normalized spacial score (nSPS) is 20.3. The quantitative estimate of drug-likeness (QED) is 0.0295. The molecule has 24 nitrogen and oxygen atoms in total. The number of carbonyl (C=O) groups is 3. The van der Waals surface area contributed by atoms with E-state index in [0.29, 0.717) is 5.75 Å². The van der Waals surface area contributed by atoms with Gasteiger partial charge in [0.2, 0.25) is 16.9 Å². The second kappa shape index (κ2) is 28.6. The number of thioether (sulfide) groups is 1. The number of carbonyl (C=O) groups excluding carboxylic acids is 3. The number of ether oxygens (including phenoxy) is 1. The number of aliphatic hydroxyl groups excluding tert-OH is 2. The van der Waals surface area contributed by atoms with E-state index in [1.54, 1.807) is 0 Å². The summed E-state index contributed by atoms with van der Waals surface area (Å²) in [6, 6.07) is 0. The number of hydrogen-bond acceptors (Lipinski definition) is 22. The van der Waals surface area contributed by atoms with E-state index in [0.717, 1.165) is 48.2 Å². The molecule has 1 aliphatic rings. The van der Waals surface area contributed by atoms with Crippen LogP contribution in [0.4, 0.5) is 5.82 Å². The van der Waals surface area contributed by atoms with Crippen LogP contribution in [0.2, 0.25) is 0 Å². The number of aromatic nitrogens is 4. The lowest BCUT2D eigenvalue weighted by Gasteiger charge is -2.36. The highest BCUT2D eigenvalue weighted by atomic mass is 32.2. The Kier molecular flexibility index (Phi) is 24.9. The first-order valence-corrected chi connectivity index (χ1v) is 27.2. The highest BCUT2D eigenvalue weighted by molar-refractivity contribution is 8.14. The Bertz CT molecular complexity index is 2090. The number of phosphoric acid groups is 3. The van der Waals surface area contributed by atoms with Crippen LogP contribution < -0.4 is 35.9 Å². The Morgan fingerprint density at radius 2 is 1.57 bits per heavy atom. The lowest BCUT2D eigenvalue weighted by atomic mass is 9.87. The maximum Gasteiger partial charge on any atom is 0.274 e. The van der Waals surface area contributed by atoms with Crippen LogP contribution in [0.15, 0.2) is 37.0 Å². The second-order valence-corrected chi connectivity index (χ2v) is 21.4. The maximum absolute atomic E-state index is 12.6. The Hall–Kier alpha value is -2.96. The Morgan fingerprint density at radius 1 is 0.925 bits per heavy atom. The lowest BCUT2D eigenvalue weighted by molar-refractivity contribution is -0.347. The van der Waals surface area contributed by atoms with Crippen LogP contribution in [-0.4, -0.2) is 103 Å². The zero-order valence-electron chi connectivity index (χ0n) is 37.7. The Balaban J connectivity index is 1.32. The third kappa shape index (κ3) is 21.7. The van der Waals surface area contributed by atoms with Crippen molar-refractivity contribution in [2.24, 2.45) is 5.41 Å². The van der Waals surface area contributed by atoms with Crippen molar-refractivity contribution in [2.75, 3.05) is 37.8 Å². The van der Waals surface area contributed by atoms with Gasteiger partial charge in [0.15, 0.2) is 17.7 Å². The summed E-state index contributed by atoms with van der Waals surface area (Å²) in [6.45, 7) is 2.32. The first-order valence-electron chi connectivity index (χ1n) is 21.9. The maximum atomic E-state index is 12.6. The first kappa shape index (κ1) is 58.4. The summed E-state index contributed by atoms with van der Waals surface area (Å²) in [6.07, 6.45) is 14.4. The number of nitrogens with one attached hydrogen (secondary N) is 2. The molecule has 2 amide bonds. The summed E-state index contributed by atoms with van der Waals surface area (Å²) in [5.74, 6) is -1.23. The third-order valence-electron chi connectivity index (χ3n) is 10.1. The minimum atomic E-state index is -5.92. The van der Waals surface area contributed by atoms with E-state index in [4.69, 9.17) is 10.5 Å². The molecule has 2 aromatic heterocycles. The number of aliphatic hydroxyl groups is 2. The molecule has 1 saturated heterocycles. The van der Waals surface area contributed by atoms with E-state index >= 15 is 0 Å². The molecule has 0 bridgehead atoms. The minimum Gasteiger partial charge on any atom is -0.790 e. The van der Waals surface area contributed by atoms with Gasteiger partial charge in [-0.3, -0.25) is 28.1 Å². The molecule has 3 rings (SSSR count). The van der Waals surface area contributed by atoms with Crippen molar-refractivity contribution in [3.05, 3.63) is 37.0 Å². The van der Waals surface area contributed by atoms with Crippen molar-refractivity contribution in [1.82, 2.24) is 30.2 Å². The van der Waals surface area contributed by atoms with Crippen molar-refractivity contribution < 1.29 is 80.5 Å². The number of phosphoric ester groups is 3. The van der Waals surface area contributed by atoms with Crippen molar-refractivity contribution in [2.45, 2.75) is 135 Å². The van der Waals surface area contributed by atoms with Gasteiger partial charge in [-0.05, 0) is 31.8 Å². The number of allylic oxidation sites excluding steroid dienone is 3. The predicted molar refractivity (Wildman–Crippen MR) is 238 cm³/mol. The lowest BCUT2D eigenvalue weighted by Crippen LogP contribution is -2.46. The predicted octanol–water partition coefficient (Wildman–Crippen LogP) is 1.95. The van der Waals surface area contributed by atoms with Gasteiger partial charge in [-0.15, -0.1) is 0 Å². The van der Waals surface area contributed by atoms with E-state index in [1.807, 2.05) is 6.08 Å².